The average molecular weight is 409 g/mol. The van der Waals surface area contributed by atoms with Gasteiger partial charge in [0.2, 0.25) is 0 Å². The highest BCUT2D eigenvalue weighted by Gasteiger charge is 2.14. The first-order chi connectivity index (χ1) is 14.6. The van der Waals surface area contributed by atoms with Crippen LogP contribution in [0.15, 0.2) is 45.6 Å². The Morgan fingerprint density at radius 2 is 1.93 bits per heavy atom. The van der Waals surface area contributed by atoms with Crippen molar-refractivity contribution in [2.45, 2.75) is 6.92 Å². The van der Waals surface area contributed by atoms with Gasteiger partial charge in [-0.15, -0.1) is 0 Å². The summed E-state index contributed by atoms with van der Waals surface area (Å²) in [6.45, 7) is 5.60. The Balaban J connectivity index is 1.34. The molecule has 2 aromatic heterocycles. The molecule has 2 N–H and O–H groups in total. The molecule has 0 radical (unpaired) electrons. The van der Waals surface area contributed by atoms with Gasteiger partial charge in [0.25, 0.3) is 5.91 Å². The summed E-state index contributed by atoms with van der Waals surface area (Å²) in [6, 6.07) is 9.95. The number of morpholine rings is 1. The summed E-state index contributed by atoms with van der Waals surface area (Å²) in [4.78, 5) is 35.5. The molecule has 3 heterocycles. The van der Waals surface area contributed by atoms with Crippen LogP contribution in [-0.4, -0.2) is 55.3 Å². The number of carbonyl (C=O) groups is 1. The molecule has 9 heteroatoms. The number of anilines is 2. The second-order valence-corrected chi connectivity index (χ2v) is 6.91. The van der Waals surface area contributed by atoms with Crippen molar-refractivity contribution in [3.05, 3.63) is 58.2 Å². The second-order valence-electron chi connectivity index (χ2n) is 6.91. The summed E-state index contributed by atoms with van der Waals surface area (Å²) in [7, 11) is 0. The number of carbonyl (C=O) groups excluding carboxylic acids is 1. The Bertz CT molecular complexity index is 1110. The number of amides is 1. The van der Waals surface area contributed by atoms with Gasteiger partial charge in [-0.2, -0.15) is 0 Å². The lowest BCUT2D eigenvalue weighted by Gasteiger charge is -2.28. The number of nitrogens with one attached hydrogen (secondary N) is 2. The summed E-state index contributed by atoms with van der Waals surface area (Å²) in [5, 5.41) is 6.40. The topological polar surface area (TPSA) is 110 Å². The van der Waals surface area contributed by atoms with Gasteiger partial charge in [-0.1, -0.05) is 12.1 Å². The first-order valence-corrected chi connectivity index (χ1v) is 9.83. The fourth-order valence-corrected chi connectivity index (χ4v) is 3.27. The summed E-state index contributed by atoms with van der Waals surface area (Å²) >= 11 is 0. The molecule has 0 spiro atoms. The molecule has 1 amide bonds. The SMILES string of the molecule is Cc1nc(NCCNC(=O)c2cc(=O)c3ccccc3o2)cc(N2CCOCC2)n1. The summed E-state index contributed by atoms with van der Waals surface area (Å²) in [5.74, 6) is 1.77. The van der Waals surface area contributed by atoms with Gasteiger partial charge in [-0.3, -0.25) is 9.59 Å². The zero-order valence-corrected chi connectivity index (χ0v) is 16.7. The molecule has 0 unspecified atom stereocenters. The van der Waals surface area contributed by atoms with Crippen molar-refractivity contribution in [2.75, 3.05) is 49.6 Å². The van der Waals surface area contributed by atoms with Gasteiger partial charge in [0.05, 0.1) is 18.6 Å². The van der Waals surface area contributed by atoms with E-state index in [0.29, 0.717) is 48.9 Å². The maximum Gasteiger partial charge on any atom is 0.287 e. The number of rotatable bonds is 6. The lowest BCUT2D eigenvalue weighted by Crippen LogP contribution is -2.37. The number of hydrogen-bond acceptors (Lipinski definition) is 8. The van der Waals surface area contributed by atoms with E-state index in [-0.39, 0.29) is 11.2 Å². The fraction of sp³-hybridized carbons (Fsp3) is 0.333. The van der Waals surface area contributed by atoms with Gasteiger partial charge in [0, 0.05) is 38.3 Å². The highest BCUT2D eigenvalue weighted by atomic mass is 16.5. The Hall–Kier alpha value is -3.46. The van der Waals surface area contributed by atoms with E-state index < -0.39 is 5.91 Å². The van der Waals surface area contributed by atoms with Crippen LogP contribution in [0.4, 0.5) is 11.6 Å². The third kappa shape index (κ3) is 4.57. The van der Waals surface area contributed by atoms with E-state index in [1.165, 1.54) is 6.07 Å². The number of ether oxygens (including phenoxy) is 1. The molecule has 1 fully saturated rings. The molecule has 0 bridgehead atoms. The van der Waals surface area contributed by atoms with E-state index in [1.54, 1.807) is 24.3 Å². The third-order valence-electron chi connectivity index (χ3n) is 4.73. The lowest BCUT2D eigenvalue weighted by molar-refractivity contribution is 0.0928. The minimum absolute atomic E-state index is 0.00816. The first-order valence-electron chi connectivity index (χ1n) is 9.83. The number of fused-ring (bicyclic) bond motifs is 1. The van der Waals surface area contributed by atoms with Crippen LogP contribution in [0.3, 0.4) is 0 Å². The predicted octanol–water partition coefficient (Wildman–Crippen LogP) is 1.57. The molecular formula is C21H23N5O4. The van der Waals surface area contributed by atoms with Crippen LogP contribution in [-0.2, 0) is 4.74 Å². The Labute approximate surface area is 173 Å². The largest absolute Gasteiger partial charge is 0.451 e. The van der Waals surface area contributed by atoms with Crippen LogP contribution in [0.2, 0.25) is 0 Å². The molecule has 1 aliphatic heterocycles. The highest BCUT2D eigenvalue weighted by molar-refractivity contribution is 5.93. The summed E-state index contributed by atoms with van der Waals surface area (Å²) in [5.41, 5.74) is 0.146. The normalized spacial score (nSPS) is 14.0. The van der Waals surface area contributed by atoms with Crippen LogP contribution < -0.4 is 21.0 Å². The highest BCUT2D eigenvalue weighted by Crippen LogP contribution is 2.17. The lowest BCUT2D eigenvalue weighted by atomic mass is 10.2. The van der Waals surface area contributed by atoms with E-state index >= 15 is 0 Å². The van der Waals surface area contributed by atoms with Gasteiger partial charge in [0.15, 0.2) is 11.2 Å². The van der Waals surface area contributed by atoms with Gasteiger partial charge in [-0.05, 0) is 19.1 Å². The molecule has 3 aromatic rings. The summed E-state index contributed by atoms with van der Waals surface area (Å²) in [6.07, 6.45) is 0. The molecule has 156 valence electrons. The predicted molar refractivity (Wildman–Crippen MR) is 113 cm³/mol. The van der Waals surface area contributed by atoms with E-state index in [2.05, 4.69) is 25.5 Å². The average Bonchev–Trinajstić information content (AvgIpc) is 2.77. The molecule has 4 rings (SSSR count). The number of aromatic nitrogens is 2. The van der Waals surface area contributed by atoms with E-state index in [4.69, 9.17) is 9.15 Å². The van der Waals surface area contributed by atoms with E-state index in [1.807, 2.05) is 13.0 Å². The second kappa shape index (κ2) is 8.91. The van der Waals surface area contributed by atoms with E-state index in [9.17, 15) is 9.59 Å². The molecule has 1 saturated heterocycles. The zero-order chi connectivity index (χ0) is 20.9. The molecule has 1 aromatic carbocycles. The minimum atomic E-state index is -0.437. The monoisotopic (exact) mass is 409 g/mol. The van der Waals surface area contributed by atoms with Crippen molar-refractivity contribution in [3.63, 3.8) is 0 Å². The molecule has 9 nitrogen and oxygen atoms in total. The third-order valence-corrected chi connectivity index (χ3v) is 4.73. The number of aryl methyl sites for hydroxylation is 1. The van der Waals surface area contributed by atoms with Crippen molar-refractivity contribution in [2.24, 2.45) is 0 Å². The summed E-state index contributed by atoms with van der Waals surface area (Å²) < 4.78 is 10.9. The molecule has 30 heavy (non-hydrogen) atoms. The van der Waals surface area contributed by atoms with Crippen molar-refractivity contribution < 1.29 is 13.9 Å². The van der Waals surface area contributed by atoms with Crippen molar-refractivity contribution in [1.29, 1.82) is 0 Å². The smallest absolute Gasteiger partial charge is 0.287 e. The maximum atomic E-state index is 12.4. The molecule has 0 aliphatic carbocycles. The maximum absolute atomic E-state index is 12.4. The van der Waals surface area contributed by atoms with Gasteiger partial charge < -0.3 is 24.7 Å². The van der Waals surface area contributed by atoms with E-state index in [0.717, 1.165) is 18.9 Å². The van der Waals surface area contributed by atoms with Gasteiger partial charge >= 0.3 is 0 Å². The molecule has 1 aliphatic rings. The van der Waals surface area contributed by atoms with Crippen LogP contribution in [0.1, 0.15) is 16.4 Å². The van der Waals surface area contributed by atoms with Gasteiger partial charge in [0.1, 0.15) is 23.0 Å². The van der Waals surface area contributed by atoms with Crippen molar-refractivity contribution in [1.82, 2.24) is 15.3 Å². The minimum Gasteiger partial charge on any atom is -0.451 e. The van der Waals surface area contributed by atoms with Crippen molar-refractivity contribution in [3.8, 4) is 0 Å². The molecule has 0 atom stereocenters. The number of hydrogen-bond donors (Lipinski definition) is 2. The number of benzene rings is 1. The van der Waals surface area contributed by atoms with Gasteiger partial charge in [-0.25, -0.2) is 9.97 Å². The zero-order valence-electron chi connectivity index (χ0n) is 16.7. The number of para-hydroxylation sites is 1. The standard InChI is InChI=1S/C21H23N5O4/c1-14-24-19(13-20(25-14)26-8-10-29-11-9-26)22-6-7-23-21(28)18-12-16(27)15-4-2-3-5-17(15)30-18/h2-5,12-13H,6-11H2,1H3,(H,23,28)(H,22,24,25). The Kier molecular flexibility index (Phi) is 5.89. The Morgan fingerprint density at radius 1 is 1.13 bits per heavy atom. The van der Waals surface area contributed by atoms with Crippen LogP contribution in [0.25, 0.3) is 11.0 Å². The van der Waals surface area contributed by atoms with Crippen molar-refractivity contribution >= 4 is 28.5 Å². The quantitative estimate of drug-likeness (QED) is 0.591. The first kappa shape index (κ1) is 19.8. The van der Waals surface area contributed by atoms with Crippen LogP contribution in [0, 0.1) is 6.92 Å². The fourth-order valence-electron chi connectivity index (χ4n) is 3.27. The molecule has 0 saturated carbocycles. The van der Waals surface area contributed by atoms with Crippen LogP contribution in [0.5, 0.6) is 0 Å². The van der Waals surface area contributed by atoms with Crippen LogP contribution >= 0.6 is 0 Å². The number of nitrogens with zero attached hydrogens (tertiary/aromatic N) is 3. The molecular weight excluding hydrogens is 386 g/mol. The Morgan fingerprint density at radius 3 is 2.77 bits per heavy atom.